The van der Waals surface area contributed by atoms with E-state index in [1.54, 1.807) is 40.9 Å². The molecule has 1 fully saturated rings. The quantitative estimate of drug-likeness (QED) is 0.225. The number of carbonyl (C=O) groups is 3. The number of carbonyl (C=O) groups excluding carboxylic acids is 3. The molecule has 1 unspecified atom stereocenters. The zero-order valence-electron chi connectivity index (χ0n) is 28.7. The van der Waals surface area contributed by atoms with Crippen LogP contribution in [-0.2, 0) is 16.0 Å². The molecule has 2 aromatic carbocycles. The molecule has 4 aliphatic rings. The highest BCUT2D eigenvalue weighted by Gasteiger charge is 2.76. The highest BCUT2D eigenvalue weighted by molar-refractivity contribution is 6.25. The number of aliphatic hydroxyl groups is 4. The monoisotopic (exact) mass is 658 g/mol. The fourth-order valence-electron chi connectivity index (χ4n) is 9.88. The third-order valence-electron chi connectivity index (χ3n) is 12.4. The van der Waals surface area contributed by atoms with Gasteiger partial charge in [0.15, 0.2) is 17.2 Å². The topological polar surface area (TPSA) is 162 Å². The van der Waals surface area contributed by atoms with Crippen LogP contribution >= 0.6 is 0 Å². The molecule has 0 bridgehead atoms. The number of benzene rings is 2. The van der Waals surface area contributed by atoms with E-state index in [0.29, 0.717) is 28.4 Å². The Morgan fingerprint density at radius 2 is 1.67 bits per heavy atom. The summed E-state index contributed by atoms with van der Waals surface area (Å²) < 4.78 is 5.79. The summed E-state index contributed by atoms with van der Waals surface area (Å²) in [6, 6.07) is 9.09. The van der Waals surface area contributed by atoms with E-state index >= 15 is 0 Å². The number of phenols is 1. The van der Waals surface area contributed by atoms with Gasteiger partial charge >= 0.3 is 0 Å². The number of hydrogen-bond donors (Lipinski definition) is 5. The molecule has 9 nitrogen and oxygen atoms in total. The van der Waals surface area contributed by atoms with Gasteiger partial charge in [0.2, 0.25) is 5.78 Å². The highest BCUT2D eigenvalue weighted by Crippen LogP contribution is 2.68. The number of rotatable bonds is 6. The number of ether oxygens (including phenoxy) is 1. The van der Waals surface area contributed by atoms with E-state index in [2.05, 4.69) is 0 Å². The summed E-state index contributed by atoms with van der Waals surface area (Å²) in [6.07, 6.45) is 3.95. The fourth-order valence-corrected chi connectivity index (χ4v) is 9.88. The minimum absolute atomic E-state index is 0.115. The lowest BCUT2D eigenvalue weighted by molar-refractivity contribution is -0.211. The minimum atomic E-state index is -2.93. The molecule has 6 rings (SSSR count). The number of aromatic hydroxyl groups is 1. The fraction of sp³-hybridized carbons (Fsp3) is 0.513. The first-order valence-electron chi connectivity index (χ1n) is 16.9. The predicted molar refractivity (Wildman–Crippen MR) is 179 cm³/mol. The van der Waals surface area contributed by atoms with Crippen LogP contribution < -0.4 is 4.74 Å². The van der Waals surface area contributed by atoms with Crippen LogP contribution in [0.2, 0.25) is 0 Å². The molecule has 256 valence electrons. The van der Waals surface area contributed by atoms with Crippen molar-refractivity contribution in [3.05, 3.63) is 69.7 Å². The van der Waals surface area contributed by atoms with Crippen molar-refractivity contribution in [2.45, 2.75) is 91.3 Å². The predicted octanol–water partition coefficient (Wildman–Crippen LogP) is 6.29. The van der Waals surface area contributed by atoms with Crippen molar-refractivity contribution >= 4 is 17.3 Å². The first-order chi connectivity index (χ1) is 22.5. The number of allylic oxidation sites excluding steroid dienone is 1. The molecule has 1 saturated carbocycles. The van der Waals surface area contributed by atoms with Crippen LogP contribution in [0.1, 0.15) is 94.6 Å². The van der Waals surface area contributed by atoms with Gasteiger partial charge in [-0.15, -0.1) is 0 Å². The number of methoxy groups -OCH3 is 1. The number of ketones is 3. The van der Waals surface area contributed by atoms with Crippen LogP contribution in [0.5, 0.6) is 11.5 Å². The Morgan fingerprint density at radius 1 is 1.02 bits per heavy atom. The van der Waals surface area contributed by atoms with Gasteiger partial charge in [0, 0.05) is 22.3 Å². The summed E-state index contributed by atoms with van der Waals surface area (Å²) in [7, 11) is 1.56. The van der Waals surface area contributed by atoms with Crippen molar-refractivity contribution in [3.63, 3.8) is 0 Å². The van der Waals surface area contributed by atoms with Crippen molar-refractivity contribution in [2.24, 2.45) is 28.6 Å². The molecule has 0 aromatic heterocycles. The third-order valence-corrected chi connectivity index (χ3v) is 12.4. The maximum atomic E-state index is 14.7. The van der Waals surface area contributed by atoms with Gasteiger partial charge in [-0.25, -0.2) is 0 Å². The van der Waals surface area contributed by atoms with Gasteiger partial charge in [-0.3, -0.25) is 14.4 Å². The summed E-state index contributed by atoms with van der Waals surface area (Å²) >= 11 is 0. The van der Waals surface area contributed by atoms with Crippen molar-refractivity contribution in [1.29, 1.82) is 0 Å². The largest absolute Gasteiger partial charge is 0.511 e. The lowest BCUT2D eigenvalue weighted by atomic mass is 9.41. The maximum absolute atomic E-state index is 14.7. The zero-order valence-corrected chi connectivity index (χ0v) is 28.7. The summed E-state index contributed by atoms with van der Waals surface area (Å²) in [6.45, 7) is 9.30. The van der Waals surface area contributed by atoms with Gasteiger partial charge in [0.25, 0.3) is 0 Å². The molecule has 0 amide bonds. The molecule has 0 saturated heterocycles. The second-order valence-corrected chi connectivity index (χ2v) is 15.1. The second-order valence-electron chi connectivity index (χ2n) is 15.1. The average Bonchev–Trinajstić information content (AvgIpc) is 3.54. The third kappa shape index (κ3) is 4.19. The number of Topliss-reactive ketones (excluding diaryl/α,β-unsaturated/α-hetero) is 3. The summed E-state index contributed by atoms with van der Waals surface area (Å²) in [5.41, 5.74) is -4.90. The minimum Gasteiger partial charge on any atom is -0.511 e. The van der Waals surface area contributed by atoms with Gasteiger partial charge in [-0.05, 0) is 66.0 Å². The average molecular weight is 659 g/mol. The molecule has 0 heterocycles. The Kier molecular flexibility index (Phi) is 7.99. The SMILES string of the molecule is COc1ccc(CC2CCCC2)cc1-c1ccc(O)c2c1[C@@H](C)[C@@]1(C)C(=C(O)[C@@]3(O)C(=O)C(C(C)=O)=C(O)C(C(C)C)[C@@]3(C)[C@@H]1O)C2=O. The van der Waals surface area contributed by atoms with Crippen LogP contribution in [-0.4, -0.2) is 61.7 Å². The molecule has 4 aliphatic carbocycles. The van der Waals surface area contributed by atoms with Gasteiger partial charge < -0.3 is 30.3 Å². The number of phenolic OH excluding ortho intramolecular Hbond substituents is 1. The van der Waals surface area contributed by atoms with Gasteiger partial charge in [-0.1, -0.05) is 72.4 Å². The summed E-state index contributed by atoms with van der Waals surface area (Å²) in [4.78, 5) is 41.4. The molecule has 48 heavy (non-hydrogen) atoms. The normalized spacial score (nSPS) is 32.0. The molecule has 2 aromatic rings. The summed E-state index contributed by atoms with van der Waals surface area (Å²) in [5.74, 6) is -6.20. The number of aliphatic hydroxyl groups excluding tert-OH is 3. The number of hydrogen-bond acceptors (Lipinski definition) is 9. The maximum Gasteiger partial charge on any atom is 0.209 e. The second kappa shape index (κ2) is 11.3. The van der Waals surface area contributed by atoms with Crippen molar-refractivity contribution in [3.8, 4) is 22.6 Å². The van der Waals surface area contributed by atoms with Crippen LogP contribution in [0, 0.1) is 28.6 Å². The smallest absolute Gasteiger partial charge is 0.209 e. The number of fused-ring (bicyclic) bond motifs is 3. The Hall–Kier alpha value is -3.95. The molecule has 5 N–H and O–H groups in total. The van der Waals surface area contributed by atoms with E-state index in [-0.39, 0.29) is 11.3 Å². The van der Waals surface area contributed by atoms with Crippen LogP contribution in [0.3, 0.4) is 0 Å². The molecule has 9 heteroatoms. The van der Waals surface area contributed by atoms with E-state index < -0.39 is 80.3 Å². The molecular weight excluding hydrogens is 612 g/mol. The highest BCUT2D eigenvalue weighted by atomic mass is 16.5. The first kappa shape index (κ1) is 33.9. The molecule has 0 radical (unpaired) electrons. The van der Waals surface area contributed by atoms with E-state index in [1.807, 2.05) is 18.2 Å². The molecular formula is C39H46O9. The lowest BCUT2D eigenvalue weighted by Gasteiger charge is -2.63. The van der Waals surface area contributed by atoms with Crippen molar-refractivity contribution < 1.29 is 44.7 Å². The first-order valence-corrected chi connectivity index (χ1v) is 16.9. The van der Waals surface area contributed by atoms with E-state index in [1.165, 1.54) is 38.7 Å². The summed E-state index contributed by atoms with van der Waals surface area (Å²) in [5, 5.41) is 59.8. The van der Waals surface area contributed by atoms with Crippen LogP contribution in [0.15, 0.2) is 53.0 Å². The Balaban J connectivity index is 1.63. The lowest BCUT2D eigenvalue weighted by Crippen LogP contribution is -2.73. The van der Waals surface area contributed by atoms with Crippen LogP contribution in [0.25, 0.3) is 11.1 Å². The van der Waals surface area contributed by atoms with Crippen molar-refractivity contribution in [2.75, 3.05) is 7.11 Å². The Morgan fingerprint density at radius 3 is 2.25 bits per heavy atom. The van der Waals surface area contributed by atoms with E-state index in [9.17, 15) is 39.9 Å². The zero-order chi connectivity index (χ0) is 35.2. The molecule has 6 atom stereocenters. The van der Waals surface area contributed by atoms with Crippen LogP contribution in [0.4, 0.5) is 0 Å². The molecule has 0 aliphatic heterocycles. The van der Waals surface area contributed by atoms with Gasteiger partial charge in [0.05, 0.1) is 24.4 Å². The van der Waals surface area contributed by atoms with Crippen molar-refractivity contribution in [1.82, 2.24) is 0 Å². The Bertz CT molecular complexity index is 1810. The van der Waals surface area contributed by atoms with E-state index in [4.69, 9.17) is 4.74 Å². The Labute approximate surface area is 281 Å². The van der Waals surface area contributed by atoms with Gasteiger partial charge in [-0.2, -0.15) is 0 Å². The molecule has 0 spiro atoms. The van der Waals surface area contributed by atoms with Gasteiger partial charge in [0.1, 0.15) is 28.6 Å². The standard InChI is InChI=1S/C39H46O9/c1-18(2)30-32(42)28(20(4)40)34(44)39(47)35(45)31-33(43)29-25(41)14-13-23(27(29)19(3)37(31,5)36(46)38(30,39)6)24-17-22(12-15-26(24)48-7)16-21-10-8-9-11-21/h12-15,17-19,21,30,36,41-42,45-47H,8-11,16H2,1-7H3/t19-,30?,36-,37+,38+,39+/m1/s1. The van der Waals surface area contributed by atoms with E-state index in [0.717, 1.165) is 18.9 Å².